The molecule has 0 amide bonds. The molecule has 0 aliphatic heterocycles. The summed E-state index contributed by atoms with van der Waals surface area (Å²) < 4.78 is 23.9. The van der Waals surface area contributed by atoms with E-state index in [0.29, 0.717) is 31.4 Å². The average molecular weight is 264 g/mol. The zero-order chi connectivity index (χ0) is 13.3. The molecule has 6 nitrogen and oxygen atoms in total. The maximum atomic E-state index is 10.7. The van der Waals surface area contributed by atoms with E-state index in [2.05, 4.69) is 28.9 Å². The molecule has 0 aliphatic rings. The van der Waals surface area contributed by atoms with Crippen LogP contribution >= 0.6 is 0 Å². The van der Waals surface area contributed by atoms with Crippen molar-refractivity contribution in [3.8, 4) is 0 Å². The second-order valence-electron chi connectivity index (χ2n) is 4.40. The molecule has 0 saturated heterocycles. The molecule has 0 bridgehead atoms. The fourth-order valence-corrected chi connectivity index (χ4v) is 1.60. The van der Waals surface area contributed by atoms with Gasteiger partial charge in [-0.2, -0.15) is 0 Å². The van der Waals surface area contributed by atoms with Crippen LogP contribution in [0.15, 0.2) is 4.99 Å². The minimum Gasteiger partial charge on any atom is -0.370 e. The van der Waals surface area contributed by atoms with Gasteiger partial charge < -0.3 is 11.1 Å². The van der Waals surface area contributed by atoms with Gasteiger partial charge in [0.25, 0.3) is 0 Å². The Morgan fingerprint density at radius 2 is 2.00 bits per heavy atom. The molecule has 0 atom stereocenters. The molecule has 0 unspecified atom stereocenters. The van der Waals surface area contributed by atoms with E-state index in [0.717, 1.165) is 19.2 Å². The van der Waals surface area contributed by atoms with E-state index in [4.69, 9.17) is 5.73 Å². The van der Waals surface area contributed by atoms with Gasteiger partial charge in [0, 0.05) is 19.6 Å². The van der Waals surface area contributed by atoms with Crippen molar-refractivity contribution in [2.75, 3.05) is 25.9 Å². The molecule has 17 heavy (non-hydrogen) atoms. The van der Waals surface area contributed by atoms with Gasteiger partial charge in [0.2, 0.25) is 10.0 Å². The van der Waals surface area contributed by atoms with E-state index < -0.39 is 10.0 Å². The summed E-state index contributed by atoms with van der Waals surface area (Å²) in [6.07, 6.45) is 2.82. The summed E-state index contributed by atoms with van der Waals surface area (Å²) in [7, 11) is -3.09. The topological polar surface area (TPSA) is 96.6 Å². The summed E-state index contributed by atoms with van der Waals surface area (Å²) >= 11 is 0. The molecule has 0 aromatic heterocycles. The standard InChI is InChI=1S/C10H24N4O2S/c1-9(2)5-8-13-10(11)12-6-4-7-14-17(3,15)16/h9,14H,4-8H2,1-3H3,(H3,11,12,13). The number of nitrogens with one attached hydrogen (secondary N) is 2. The Kier molecular flexibility index (Phi) is 7.90. The summed E-state index contributed by atoms with van der Waals surface area (Å²) in [5.41, 5.74) is 5.63. The summed E-state index contributed by atoms with van der Waals surface area (Å²) in [6, 6.07) is 0. The van der Waals surface area contributed by atoms with Crippen LogP contribution in [0.4, 0.5) is 0 Å². The monoisotopic (exact) mass is 264 g/mol. The van der Waals surface area contributed by atoms with Crippen LogP contribution in [0.2, 0.25) is 0 Å². The molecule has 0 aromatic carbocycles. The van der Waals surface area contributed by atoms with E-state index in [1.54, 1.807) is 0 Å². The first-order valence-electron chi connectivity index (χ1n) is 5.79. The zero-order valence-electron chi connectivity index (χ0n) is 10.9. The number of rotatable bonds is 8. The summed E-state index contributed by atoms with van der Waals surface area (Å²) in [4.78, 5) is 4.09. The number of sulfonamides is 1. The van der Waals surface area contributed by atoms with Crippen LogP contribution in [0.1, 0.15) is 26.7 Å². The lowest BCUT2D eigenvalue weighted by Gasteiger charge is -2.07. The van der Waals surface area contributed by atoms with E-state index in [-0.39, 0.29) is 0 Å². The smallest absolute Gasteiger partial charge is 0.208 e. The zero-order valence-corrected chi connectivity index (χ0v) is 11.7. The van der Waals surface area contributed by atoms with Crippen molar-refractivity contribution in [3.63, 3.8) is 0 Å². The number of aliphatic imine (C=N–C) groups is 1. The van der Waals surface area contributed by atoms with Gasteiger partial charge >= 0.3 is 0 Å². The Hall–Kier alpha value is -0.820. The van der Waals surface area contributed by atoms with Gasteiger partial charge in [0.05, 0.1) is 6.26 Å². The molecular weight excluding hydrogens is 240 g/mol. The van der Waals surface area contributed by atoms with Crippen molar-refractivity contribution in [2.24, 2.45) is 16.6 Å². The summed E-state index contributed by atoms with van der Waals surface area (Å²) in [5, 5.41) is 3.01. The van der Waals surface area contributed by atoms with E-state index in [1.165, 1.54) is 0 Å². The van der Waals surface area contributed by atoms with Crippen molar-refractivity contribution in [3.05, 3.63) is 0 Å². The number of hydrogen-bond donors (Lipinski definition) is 3. The molecule has 0 heterocycles. The fourth-order valence-electron chi connectivity index (χ4n) is 1.08. The highest BCUT2D eigenvalue weighted by Crippen LogP contribution is 1.95. The van der Waals surface area contributed by atoms with Crippen LogP contribution in [-0.4, -0.2) is 40.3 Å². The second kappa shape index (κ2) is 8.30. The lowest BCUT2D eigenvalue weighted by Crippen LogP contribution is -2.33. The van der Waals surface area contributed by atoms with Gasteiger partial charge in [-0.15, -0.1) is 0 Å². The van der Waals surface area contributed by atoms with E-state index >= 15 is 0 Å². The Morgan fingerprint density at radius 3 is 2.53 bits per heavy atom. The van der Waals surface area contributed by atoms with Crippen LogP contribution in [0.5, 0.6) is 0 Å². The largest absolute Gasteiger partial charge is 0.370 e. The van der Waals surface area contributed by atoms with E-state index in [9.17, 15) is 8.42 Å². The Balaban J connectivity index is 3.57. The summed E-state index contributed by atoms with van der Waals surface area (Å²) in [5.74, 6) is 1.05. The highest BCUT2D eigenvalue weighted by Gasteiger charge is 1.98. The molecule has 102 valence electrons. The molecule has 7 heteroatoms. The minimum atomic E-state index is -3.09. The lowest BCUT2D eigenvalue weighted by atomic mass is 10.1. The third-order valence-electron chi connectivity index (χ3n) is 2.01. The third kappa shape index (κ3) is 13.1. The second-order valence-corrected chi connectivity index (χ2v) is 6.23. The van der Waals surface area contributed by atoms with Gasteiger partial charge in [0.15, 0.2) is 5.96 Å². The Bertz CT molecular complexity index is 325. The van der Waals surface area contributed by atoms with Gasteiger partial charge in [-0.1, -0.05) is 13.8 Å². The summed E-state index contributed by atoms with van der Waals surface area (Å²) in [6.45, 7) is 6.01. The molecule has 0 aromatic rings. The van der Waals surface area contributed by atoms with Gasteiger partial charge in [-0.25, -0.2) is 13.1 Å². The highest BCUT2D eigenvalue weighted by molar-refractivity contribution is 7.88. The first kappa shape index (κ1) is 16.2. The van der Waals surface area contributed by atoms with Gasteiger partial charge in [-0.3, -0.25) is 4.99 Å². The number of nitrogens with two attached hydrogens (primary N) is 1. The molecule has 0 aliphatic carbocycles. The Morgan fingerprint density at radius 1 is 1.35 bits per heavy atom. The molecule has 0 saturated carbocycles. The molecule has 0 rings (SSSR count). The van der Waals surface area contributed by atoms with E-state index in [1.807, 2.05) is 0 Å². The van der Waals surface area contributed by atoms with Crippen molar-refractivity contribution >= 4 is 16.0 Å². The van der Waals surface area contributed by atoms with Crippen LogP contribution in [0.25, 0.3) is 0 Å². The van der Waals surface area contributed by atoms with Gasteiger partial charge in [-0.05, 0) is 18.8 Å². The number of hydrogen-bond acceptors (Lipinski definition) is 3. The first-order chi connectivity index (χ1) is 7.81. The van der Waals surface area contributed by atoms with Crippen molar-refractivity contribution in [2.45, 2.75) is 26.7 Å². The highest BCUT2D eigenvalue weighted by atomic mass is 32.2. The van der Waals surface area contributed by atoms with Crippen LogP contribution in [-0.2, 0) is 10.0 Å². The van der Waals surface area contributed by atoms with Crippen molar-refractivity contribution in [1.82, 2.24) is 10.0 Å². The SMILES string of the molecule is CC(C)CCNC(N)=NCCCNS(C)(=O)=O. The Labute approximate surface area is 104 Å². The predicted molar refractivity (Wildman–Crippen MR) is 71.4 cm³/mol. The fraction of sp³-hybridized carbons (Fsp3) is 0.900. The van der Waals surface area contributed by atoms with Gasteiger partial charge in [0.1, 0.15) is 0 Å². The van der Waals surface area contributed by atoms with Crippen LogP contribution < -0.4 is 15.8 Å². The molecule has 0 spiro atoms. The normalized spacial score (nSPS) is 13.1. The molecule has 4 N–H and O–H groups in total. The lowest BCUT2D eigenvalue weighted by molar-refractivity contribution is 0.576. The quantitative estimate of drug-likeness (QED) is 0.323. The number of guanidine groups is 1. The van der Waals surface area contributed by atoms with Crippen molar-refractivity contribution < 1.29 is 8.42 Å². The number of nitrogens with zero attached hydrogens (tertiary/aromatic N) is 1. The predicted octanol–water partition coefficient (Wildman–Crippen LogP) is -0.124. The molecular formula is C10H24N4O2S. The average Bonchev–Trinajstić information content (AvgIpc) is 2.14. The maximum Gasteiger partial charge on any atom is 0.208 e. The maximum absolute atomic E-state index is 10.7. The van der Waals surface area contributed by atoms with Crippen LogP contribution in [0.3, 0.4) is 0 Å². The van der Waals surface area contributed by atoms with Crippen molar-refractivity contribution in [1.29, 1.82) is 0 Å². The molecule has 0 fully saturated rings. The minimum absolute atomic E-state index is 0.390. The van der Waals surface area contributed by atoms with Crippen LogP contribution in [0, 0.1) is 5.92 Å². The third-order valence-corrected chi connectivity index (χ3v) is 2.74. The first-order valence-corrected chi connectivity index (χ1v) is 7.69. The molecule has 0 radical (unpaired) electrons.